The fourth-order valence-electron chi connectivity index (χ4n) is 3.25. The molecule has 0 aromatic heterocycles. The highest BCUT2D eigenvalue weighted by Crippen LogP contribution is 2.39. The standard InChI is InChI=1S/C16H23NO3/c1-16(2,3)14-13(18)12(9-10-17(14)15(19)20)11-7-5-4-6-8-11/h4-8,12-14,18H,9-10H2,1-3H3,(H,19,20)/t12-,13-,14?/m0/s1. The summed E-state index contributed by atoms with van der Waals surface area (Å²) in [5.74, 6) is -0.00368. The van der Waals surface area contributed by atoms with E-state index in [2.05, 4.69) is 0 Å². The van der Waals surface area contributed by atoms with Crippen molar-refractivity contribution in [2.45, 2.75) is 45.3 Å². The monoisotopic (exact) mass is 277 g/mol. The lowest BCUT2D eigenvalue weighted by molar-refractivity contribution is -0.0430. The maximum Gasteiger partial charge on any atom is 0.407 e. The number of rotatable bonds is 1. The second-order valence-electron chi connectivity index (χ2n) is 6.58. The van der Waals surface area contributed by atoms with Crippen molar-refractivity contribution in [1.82, 2.24) is 4.90 Å². The van der Waals surface area contributed by atoms with Crippen molar-refractivity contribution in [3.63, 3.8) is 0 Å². The Balaban J connectivity index is 2.32. The summed E-state index contributed by atoms with van der Waals surface area (Å²) in [5, 5.41) is 20.1. The zero-order chi connectivity index (χ0) is 14.9. The molecule has 110 valence electrons. The molecule has 0 radical (unpaired) electrons. The number of nitrogens with zero attached hydrogens (tertiary/aromatic N) is 1. The Morgan fingerprint density at radius 3 is 2.35 bits per heavy atom. The highest BCUT2D eigenvalue weighted by Gasteiger charge is 2.45. The Labute approximate surface area is 120 Å². The number of hydrogen-bond donors (Lipinski definition) is 2. The highest BCUT2D eigenvalue weighted by atomic mass is 16.4. The third kappa shape index (κ3) is 2.80. The number of hydrogen-bond acceptors (Lipinski definition) is 2. The first-order chi connectivity index (χ1) is 9.32. The van der Waals surface area contributed by atoms with Crippen molar-refractivity contribution in [3.05, 3.63) is 35.9 Å². The minimum Gasteiger partial charge on any atom is -0.465 e. The molecule has 0 aliphatic carbocycles. The van der Waals surface area contributed by atoms with E-state index < -0.39 is 12.2 Å². The maximum atomic E-state index is 11.4. The minimum atomic E-state index is -0.949. The molecule has 1 amide bonds. The van der Waals surface area contributed by atoms with Crippen molar-refractivity contribution in [2.75, 3.05) is 6.54 Å². The largest absolute Gasteiger partial charge is 0.465 e. The minimum absolute atomic E-state index is 0.00368. The molecule has 2 rings (SSSR count). The molecule has 0 saturated carbocycles. The Hall–Kier alpha value is -1.55. The van der Waals surface area contributed by atoms with Crippen LogP contribution in [0.2, 0.25) is 0 Å². The molecule has 1 aliphatic rings. The van der Waals surface area contributed by atoms with Gasteiger partial charge in [-0.25, -0.2) is 4.79 Å². The van der Waals surface area contributed by atoms with Gasteiger partial charge in [-0.1, -0.05) is 51.1 Å². The van der Waals surface area contributed by atoms with Crippen molar-refractivity contribution >= 4 is 6.09 Å². The Morgan fingerprint density at radius 2 is 1.85 bits per heavy atom. The first-order valence-corrected chi connectivity index (χ1v) is 7.05. The zero-order valence-electron chi connectivity index (χ0n) is 12.3. The predicted octanol–water partition coefficient (Wildman–Crippen LogP) is 2.93. The molecule has 1 aromatic rings. The molecule has 1 fully saturated rings. The molecular weight excluding hydrogens is 254 g/mol. The molecule has 1 aliphatic heterocycles. The van der Waals surface area contributed by atoms with Crippen molar-refractivity contribution in [1.29, 1.82) is 0 Å². The predicted molar refractivity (Wildman–Crippen MR) is 77.8 cm³/mol. The number of likely N-dealkylation sites (tertiary alicyclic amines) is 1. The molecule has 1 unspecified atom stereocenters. The van der Waals surface area contributed by atoms with E-state index in [-0.39, 0.29) is 17.4 Å². The molecule has 1 aromatic carbocycles. The summed E-state index contributed by atoms with van der Waals surface area (Å²) in [5.41, 5.74) is 0.782. The van der Waals surface area contributed by atoms with E-state index in [1.54, 1.807) is 0 Å². The van der Waals surface area contributed by atoms with E-state index in [1.807, 2.05) is 51.1 Å². The molecule has 1 saturated heterocycles. The lowest BCUT2D eigenvalue weighted by Crippen LogP contribution is -2.58. The number of amides is 1. The molecule has 4 nitrogen and oxygen atoms in total. The average Bonchev–Trinajstić information content (AvgIpc) is 2.37. The van der Waals surface area contributed by atoms with Crippen molar-refractivity contribution < 1.29 is 15.0 Å². The van der Waals surface area contributed by atoms with E-state index >= 15 is 0 Å². The van der Waals surface area contributed by atoms with Crippen LogP contribution in [0.4, 0.5) is 4.79 Å². The van der Waals surface area contributed by atoms with Crippen LogP contribution in [-0.2, 0) is 0 Å². The molecular formula is C16H23NO3. The topological polar surface area (TPSA) is 60.8 Å². The first-order valence-electron chi connectivity index (χ1n) is 7.05. The summed E-state index contributed by atoms with van der Waals surface area (Å²) in [6.45, 7) is 6.40. The van der Waals surface area contributed by atoms with Gasteiger partial charge in [-0.3, -0.25) is 0 Å². The Bertz CT molecular complexity index is 466. The van der Waals surface area contributed by atoms with E-state index in [9.17, 15) is 15.0 Å². The van der Waals surface area contributed by atoms with Gasteiger partial charge in [-0.15, -0.1) is 0 Å². The van der Waals surface area contributed by atoms with Gasteiger partial charge in [-0.2, -0.15) is 0 Å². The molecule has 0 spiro atoms. The molecule has 2 N–H and O–H groups in total. The van der Waals surface area contributed by atoms with Gasteiger partial charge < -0.3 is 15.1 Å². The van der Waals surface area contributed by atoms with Crippen LogP contribution < -0.4 is 0 Å². The SMILES string of the molecule is CC(C)(C)C1[C@@H](O)[C@H](c2ccccc2)CCN1C(=O)O. The number of carboxylic acid groups (broad SMARTS) is 1. The van der Waals surface area contributed by atoms with Gasteiger partial charge in [-0.05, 0) is 17.4 Å². The van der Waals surface area contributed by atoms with Gasteiger partial charge >= 0.3 is 6.09 Å². The summed E-state index contributed by atoms with van der Waals surface area (Å²) in [4.78, 5) is 12.8. The van der Waals surface area contributed by atoms with Gasteiger partial charge in [0.25, 0.3) is 0 Å². The summed E-state index contributed by atoms with van der Waals surface area (Å²) < 4.78 is 0. The average molecular weight is 277 g/mol. The number of aliphatic hydroxyl groups is 1. The smallest absolute Gasteiger partial charge is 0.407 e. The third-order valence-corrected chi connectivity index (χ3v) is 4.11. The van der Waals surface area contributed by atoms with Gasteiger partial charge in [0.2, 0.25) is 0 Å². The summed E-state index contributed by atoms with van der Waals surface area (Å²) in [6, 6.07) is 9.48. The van der Waals surface area contributed by atoms with Gasteiger partial charge in [0.05, 0.1) is 12.1 Å². The fraction of sp³-hybridized carbons (Fsp3) is 0.562. The van der Waals surface area contributed by atoms with Gasteiger partial charge in [0.15, 0.2) is 0 Å². The van der Waals surface area contributed by atoms with E-state index in [0.717, 1.165) is 5.56 Å². The summed E-state index contributed by atoms with van der Waals surface area (Å²) in [6.07, 6.45) is -0.970. The zero-order valence-corrected chi connectivity index (χ0v) is 12.3. The van der Waals surface area contributed by atoms with Crippen LogP contribution >= 0.6 is 0 Å². The molecule has 20 heavy (non-hydrogen) atoms. The summed E-state index contributed by atoms with van der Waals surface area (Å²) in [7, 11) is 0. The van der Waals surface area contributed by atoms with E-state index in [0.29, 0.717) is 13.0 Å². The van der Waals surface area contributed by atoms with Crippen LogP contribution in [0.3, 0.4) is 0 Å². The van der Waals surface area contributed by atoms with Gasteiger partial charge in [0.1, 0.15) is 0 Å². The second-order valence-corrected chi connectivity index (χ2v) is 6.58. The second kappa shape index (κ2) is 5.44. The van der Waals surface area contributed by atoms with Crippen LogP contribution in [0.15, 0.2) is 30.3 Å². The van der Waals surface area contributed by atoms with Crippen LogP contribution in [0.25, 0.3) is 0 Å². The van der Waals surface area contributed by atoms with Gasteiger partial charge in [0, 0.05) is 12.5 Å². The molecule has 4 heteroatoms. The van der Waals surface area contributed by atoms with Crippen LogP contribution in [0, 0.1) is 5.41 Å². The third-order valence-electron chi connectivity index (χ3n) is 4.11. The molecule has 1 heterocycles. The number of piperidine rings is 1. The Morgan fingerprint density at radius 1 is 1.25 bits per heavy atom. The lowest BCUT2D eigenvalue weighted by Gasteiger charge is -2.48. The van der Waals surface area contributed by atoms with Crippen LogP contribution in [0.5, 0.6) is 0 Å². The number of carbonyl (C=O) groups is 1. The molecule has 0 bridgehead atoms. The van der Waals surface area contributed by atoms with E-state index in [4.69, 9.17) is 0 Å². The fourth-order valence-corrected chi connectivity index (χ4v) is 3.25. The van der Waals surface area contributed by atoms with Crippen molar-refractivity contribution in [2.24, 2.45) is 5.41 Å². The number of benzene rings is 1. The summed E-state index contributed by atoms with van der Waals surface area (Å²) >= 11 is 0. The lowest BCUT2D eigenvalue weighted by atomic mass is 9.73. The maximum absolute atomic E-state index is 11.4. The first kappa shape index (κ1) is 14.9. The quantitative estimate of drug-likeness (QED) is 0.829. The normalized spacial score (nSPS) is 27.4. The van der Waals surface area contributed by atoms with Crippen LogP contribution in [0.1, 0.15) is 38.7 Å². The number of aliphatic hydroxyl groups excluding tert-OH is 1. The highest BCUT2D eigenvalue weighted by molar-refractivity contribution is 5.66. The van der Waals surface area contributed by atoms with Crippen LogP contribution in [-0.4, -0.2) is 39.9 Å². The Kier molecular flexibility index (Phi) is 4.04. The molecule has 3 atom stereocenters. The van der Waals surface area contributed by atoms with Crippen molar-refractivity contribution in [3.8, 4) is 0 Å². The van der Waals surface area contributed by atoms with E-state index in [1.165, 1.54) is 4.90 Å².